The van der Waals surface area contributed by atoms with Crippen molar-refractivity contribution in [3.63, 3.8) is 0 Å². The molecule has 2 rings (SSSR count). The van der Waals surface area contributed by atoms with E-state index >= 15 is 0 Å². The van der Waals surface area contributed by atoms with Crippen LogP contribution in [0.3, 0.4) is 0 Å². The molecule has 0 unspecified atom stereocenters. The average molecular weight is 269 g/mol. The maximum atomic E-state index is 5.60. The van der Waals surface area contributed by atoms with Gasteiger partial charge in [-0.2, -0.15) is 4.98 Å². The number of benzene rings is 1. The number of hydrogen-bond acceptors (Lipinski definition) is 5. The van der Waals surface area contributed by atoms with Crippen LogP contribution in [0.1, 0.15) is 17.7 Å². The highest BCUT2D eigenvalue weighted by molar-refractivity contribution is 6.16. The zero-order chi connectivity index (χ0) is 13.0. The quantitative estimate of drug-likeness (QED) is 0.616. The van der Waals surface area contributed by atoms with Gasteiger partial charge in [-0.25, -0.2) is 0 Å². The van der Waals surface area contributed by atoms with Gasteiger partial charge in [-0.15, -0.1) is 11.6 Å². The number of hydrogen-bond donors (Lipinski definition) is 0. The van der Waals surface area contributed by atoms with Crippen molar-refractivity contribution in [1.82, 2.24) is 10.1 Å². The van der Waals surface area contributed by atoms with Crippen molar-refractivity contribution in [3.05, 3.63) is 35.7 Å². The van der Waals surface area contributed by atoms with E-state index in [2.05, 4.69) is 10.1 Å². The highest BCUT2D eigenvalue weighted by Gasteiger charge is 2.11. The molecule has 0 fully saturated rings. The molecule has 5 nitrogen and oxygen atoms in total. The van der Waals surface area contributed by atoms with Gasteiger partial charge in [0.05, 0.1) is 0 Å². The number of aromatic nitrogens is 2. The van der Waals surface area contributed by atoms with E-state index in [1.165, 1.54) is 0 Å². The minimum atomic E-state index is -0.372. The summed E-state index contributed by atoms with van der Waals surface area (Å²) >= 11 is 5.60. The first kappa shape index (κ1) is 13.0. The van der Waals surface area contributed by atoms with Crippen LogP contribution in [-0.2, 0) is 15.4 Å². The summed E-state index contributed by atoms with van der Waals surface area (Å²) in [6.45, 7) is 0. The molecule has 0 aliphatic carbocycles. The van der Waals surface area contributed by atoms with Crippen LogP contribution in [0.2, 0.25) is 0 Å². The fraction of sp³-hybridized carbons (Fsp3) is 0.333. The summed E-state index contributed by atoms with van der Waals surface area (Å²) in [5.41, 5.74) is 1.77. The van der Waals surface area contributed by atoms with Crippen molar-refractivity contribution in [2.24, 2.45) is 0 Å². The lowest BCUT2D eigenvalue weighted by Crippen LogP contribution is -2.03. The van der Waals surface area contributed by atoms with Crippen molar-refractivity contribution in [1.29, 1.82) is 0 Å². The second-order valence-electron chi connectivity index (χ2n) is 3.57. The van der Waals surface area contributed by atoms with Crippen molar-refractivity contribution >= 4 is 11.6 Å². The minimum absolute atomic E-state index is 0.209. The number of halogens is 1. The molecule has 96 valence electrons. The zero-order valence-corrected chi connectivity index (χ0v) is 10.8. The molecule has 0 N–H and O–H groups in total. The molecule has 0 bridgehead atoms. The van der Waals surface area contributed by atoms with Gasteiger partial charge < -0.3 is 14.0 Å². The van der Waals surface area contributed by atoms with Crippen LogP contribution in [-0.4, -0.2) is 24.4 Å². The number of rotatable bonds is 5. The average Bonchev–Trinajstić information content (AvgIpc) is 2.90. The summed E-state index contributed by atoms with van der Waals surface area (Å²) in [6, 6.07) is 7.54. The Kier molecular flexibility index (Phi) is 4.30. The Morgan fingerprint density at radius 3 is 2.39 bits per heavy atom. The number of ether oxygens (including phenoxy) is 2. The van der Waals surface area contributed by atoms with Crippen molar-refractivity contribution in [2.75, 3.05) is 14.2 Å². The third-order valence-corrected chi connectivity index (χ3v) is 2.68. The summed E-state index contributed by atoms with van der Waals surface area (Å²) in [7, 11) is 3.18. The summed E-state index contributed by atoms with van der Waals surface area (Å²) < 4.78 is 15.3. The van der Waals surface area contributed by atoms with Crippen LogP contribution in [0.15, 0.2) is 28.8 Å². The Morgan fingerprint density at radius 2 is 1.89 bits per heavy atom. The molecule has 2 aromatic rings. The molecule has 1 heterocycles. The van der Waals surface area contributed by atoms with Gasteiger partial charge in [0.25, 0.3) is 0 Å². The van der Waals surface area contributed by atoms with Crippen molar-refractivity contribution in [3.8, 4) is 11.4 Å². The lowest BCUT2D eigenvalue weighted by Gasteiger charge is -2.13. The standard InChI is InChI=1S/C12H13ClN2O3/c1-16-12(17-2)9-5-3-8(4-6-9)11-14-10(7-13)18-15-11/h3-6,12H,7H2,1-2H3. The molecule has 0 amide bonds. The van der Waals surface area contributed by atoms with Gasteiger partial charge in [0.2, 0.25) is 11.7 Å². The molecule has 1 aromatic heterocycles. The van der Waals surface area contributed by atoms with E-state index in [1.807, 2.05) is 24.3 Å². The molecule has 1 aromatic carbocycles. The summed E-state index contributed by atoms with van der Waals surface area (Å²) in [5, 5.41) is 3.84. The molecular weight excluding hydrogens is 256 g/mol. The smallest absolute Gasteiger partial charge is 0.241 e. The number of methoxy groups -OCH3 is 2. The maximum Gasteiger partial charge on any atom is 0.241 e. The van der Waals surface area contributed by atoms with Crippen LogP contribution in [0.5, 0.6) is 0 Å². The van der Waals surface area contributed by atoms with E-state index in [0.717, 1.165) is 11.1 Å². The highest BCUT2D eigenvalue weighted by atomic mass is 35.5. The van der Waals surface area contributed by atoms with Gasteiger partial charge in [-0.05, 0) is 0 Å². The molecule has 0 radical (unpaired) electrons. The van der Waals surface area contributed by atoms with Crippen molar-refractivity contribution in [2.45, 2.75) is 12.2 Å². The van der Waals surface area contributed by atoms with Gasteiger partial charge >= 0.3 is 0 Å². The maximum absolute atomic E-state index is 5.60. The van der Waals surface area contributed by atoms with E-state index in [-0.39, 0.29) is 12.2 Å². The molecular formula is C12H13ClN2O3. The molecule has 0 aliphatic heterocycles. The Morgan fingerprint density at radius 1 is 1.22 bits per heavy atom. The molecule has 0 atom stereocenters. The second kappa shape index (κ2) is 5.95. The zero-order valence-electron chi connectivity index (χ0n) is 10.1. The first-order valence-corrected chi connectivity index (χ1v) is 5.86. The predicted molar refractivity (Wildman–Crippen MR) is 66.1 cm³/mol. The Hall–Kier alpha value is -1.43. The highest BCUT2D eigenvalue weighted by Crippen LogP contribution is 2.22. The van der Waals surface area contributed by atoms with Crippen LogP contribution in [0, 0.1) is 0 Å². The van der Waals surface area contributed by atoms with Crippen LogP contribution in [0.4, 0.5) is 0 Å². The van der Waals surface area contributed by atoms with Gasteiger partial charge in [-0.3, -0.25) is 0 Å². The molecule has 0 aliphatic rings. The molecule has 18 heavy (non-hydrogen) atoms. The first-order chi connectivity index (χ1) is 8.78. The van der Waals surface area contributed by atoms with Gasteiger partial charge in [0, 0.05) is 25.3 Å². The lowest BCUT2D eigenvalue weighted by atomic mass is 10.1. The van der Waals surface area contributed by atoms with Gasteiger partial charge in [-0.1, -0.05) is 29.4 Å². The van der Waals surface area contributed by atoms with Gasteiger partial charge in [0.1, 0.15) is 5.88 Å². The molecule has 0 saturated heterocycles. The third kappa shape index (κ3) is 2.69. The third-order valence-electron chi connectivity index (χ3n) is 2.45. The van der Waals surface area contributed by atoms with E-state index in [0.29, 0.717) is 11.7 Å². The Labute approximate surface area is 110 Å². The van der Waals surface area contributed by atoms with Crippen LogP contribution in [0.25, 0.3) is 11.4 Å². The molecule has 0 spiro atoms. The minimum Gasteiger partial charge on any atom is -0.352 e. The first-order valence-electron chi connectivity index (χ1n) is 5.33. The lowest BCUT2D eigenvalue weighted by molar-refractivity contribution is -0.106. The van der Waals surface area contributed by atoms with Gasteiger partial charge in [0.15, 0.2) is 6.29 Å². The summed E-state index contributed by atoms with van der Waals surface area (Å²) in [4.78, 5) is 4.14. The SMILES string of the molecule is COC(OC)c1ccc(-c2noc(CCl)n2)cc1. The molecule has 0 saturated carbocycles. The number of nitrogens with zero attached hydrogens (tertiary/aromatic N) is 2. The fourth-order valence-electron chi connectivity index (χ4n) is 1.58. The monoisotopic (exact) mass is 268 g/mol. The van der Waals surface area contributed by atoms with Crippen LogP contribution < -0.4 is 0 Å². The van der Waals surface area contributed by atoms with E-state index in [9.17, 15) is 0 Å². The van der Waals surface area contributed by atoms with Crippen LogP contribution >= 0.6 is 11.6 Å². The Bertz CT molecular complexity index is 494. The topological polar surface area (TPSA) is 57.4 Å². The molecule has 6 heteroatoms. The van der Waals surface area contributed by atoms with E-state index < -0.39 is 0 Å². The summed E-state index contributed by atoms with van der Waals surface area (Å²) in [5.74, 6) is 1.13. The van der Waals surface area contributed by atoms with E-state index in [4.69, 9.17) is 25.6 Å². The second-order valence-corrected chi connectivity index (χ2v) is 3.84. The Balaban J connectivity index is 2.21. The summed E-state index contributed by atoms with van der Waals surface area (Å²) in [6.07, 6.45) is -0.372. The van der Waals surface area contributed by atoms with Crippen molar-refractivity contribution < 1.29 is 14.0 Å². The predicted octanol–water partition coefficient (Wildman–Crippen LogP) is 2.77. The van der Waals surface area contributed by atoms with E-state index in [1.54, 1.807) is 14.2 Å². The number of alkyl halides is 1. The normalized spacial score (nSPS) is 11.1. The largest absolute Gasteiger partial charge is 0.352 e. The fourth-order valence-corrected chi connectivity index (χ4v) is 1.69.